The molecule has 6 heteroatoms. The Morgan fingerprint density at radius 3 is 2.50 bits per heavy atom. The molecule has 1 aliphatic rings. The highest BCUT2D eigenvalue weighted by Gasteiger charge is 2.18. The predicted molar refractivity (Wildman–Crippen MR) is 102 cm³/mol. The fourth-order valence-corrected chi connectivity index (χ4v) is 3.01. The third-order valence-electron chi connectivity index (χ3n) is 4.22. The second-order valence-electron chi connectivity index (χ2n) is 6.22. The molecule has 1 saturated heterocycles. The molecule has 1 fully saturated rings. The molecular weight excluding hydrogens is 352 g/mol. The van der Waals surface area contributed by atoms with Gasteiger partial charge in [-0.3, -0.25) is 9.59 Å². The van der Waals surface area contributed by atoms with Crippen LogP contribution in [0.2, 0.25) is 5.02 Å². The highest BCUT2D eigenvalue weighted by molar-refractivity contribution is 6.30. The lowest BCUT2D eigenvalue weighted by Crippen LogP contribution is -2.35. The average molecular weight is 373 g/mol. The first-order valence-electron chi connectivity index (χ1n) is 8.69. The van der Waals surface area contributed by atoms with E-state index in [4.69, 9.17) is 16.3 Å². The SMILES string of the molecule is O=C(COc1ccc(Cl)cc1)Nc1cccc(C(=O)N2CCCCC2)c1. The maximum absolute atomic E-state index is 12.6. The van der Waals surface area contributed by atoms with Gasteiger partial charge in [0.15, 0.2) is 6.61 Å². The van der Waals surface area contributed by atoms with Crippen molar-refractivity contribution in [2.24, 2.45) is 0 Å². The lowest BCUT2D eigenvalue weighted by molar-refractivity contribution is -0.118. The van der Waals surface area contributed by atoms with E-state index in [0.717, 1.165) is 25.9 Å². The molecule has 0 bridgehead atoms. The zero-order chi connectivity index (χ0) is 18.4. The number of nitrogens with zero attached hydrogens (tertiary/aromatic N) is 1. The minimum absolute atomic E-state index is 0.0122. The quantitative estimate of drug-likeness (QED) is 0.863. The largest absolute Gasteiger partial charge is 0.484 e. The normalized spacial score (nSPS) is 14.0. The second kappa shape index (κ2) is 8.72. The first-order chi connectivity index (χ1) is 12.6. The van der Waals surface area contributed by atoms with Gasteiger partial charge in [-0.15, -0.1) is 0 Å². The molecular formula is C20H21ClN2O3. The summed E-state index contributed by atoms with van der Waals surface area (Å²) in [6, 6.07) is 13.8. The van der Waals surface area contributed by atoms with Crippen LogP contribution in [0.1, 0.15) is 29.6 Å². The number of carbonyl (C=O) groups is 2. The first-order valence-corrected chi connectivity index (χ1v) is 9.07. The molecule has 0 atom stereocenters. The van der Waals surface area contributed by atoms with Crippen LogP contribution < -0.4 is 10.1 Å². The summed E-state index contributed by atoms with van der Waals surface area (Å²) in [6.45, 7) is 1.47. The van der Waals surface area contributed by atoms with Crippen molar-refractivity contribution in [3.05, 3.63) is 59.1 Å². The average Bonchev–Trinajstić information content (AvgIpc) is 2.68. The van der Waals surface area contributed by atoms with Gasteiger partial charge in [0.1, 0.15) is 5.75 Å². The molecule has 0 spiro atoms. The molecule has 1 N–H and O–H groups in total. The standard InChI is InChI=1S/C20H21ClN2O3/c21-16-7-9-18(10-8-16)26-14-19(24)22-17-6-4-5-15(13-17)20(25)23-11-2-1-3-12-23/h4-10,13H,1-3,11-12,14H2,(H,22,24). The highest BCUT2D eigenvalue weighted by Crippen LogP contribution is 2.17. The zero-order valence-corrected chi connectivity index (χ0v) is 15.2. The number of likely N-dealkylation sites (tertiary alicyclic amines) is 1. The number of nitrogens with one attached hydrogen (secondary N) is 1. The van der Waals surface area contributed by atoms with Crippen molar-refractivity contribution < 1.29 is 14.3 Å². The van der Waals surface area contributed by atoms with E-state index in [0.29, 0.717) is 22.0 Å². The van der Waals surface area contributed by atoms with Gasteiger partial charge in [-0.1, -0.05) is 17.7 Å². The van der Waals surface area contributed by atoms with Crippen LogP contribution in [0.25, 0.3) is 0 Å². The smallest absolute Gasteiger partial charge is 0.262 e. The number of piperidine rings is 1. The summed E-state index contributed by atoms with van der Waals surface area (Å²) in [5.41, 5.74) is 1.17. The van der Waals surface area contributed by atoms with E-state index in [1.807, 2.05) is 4.90 Å². The Morgan fingerprint density at radius 2 is 1.77 bits per heavy atom. The van der Waals surface area contributed by atoms with Crippen LogP contribution in [0.15, 0.2) is 48.5 Å². The first kappa shape index (κ1) is 18.3. The summed E-state index contributed by atoms with van der Waals surface area (Å²) in [5.74, 6) is 0.291. The van der Waals surface area contributed by atoms with Crippen LogP contribution >= 0.6 is 11.6 Å². The van der Waals surface area contributed by atoms with Crippen molar-refractivity contribution in [2.75, 3.05) is 25.0 Å². The maximum Gasteiger partial charge on any atom is 0.262 e. The van der Waals surface area contributed by atoms with E-state index >= 15 is 0 Å². The summed E-state index contributed by atoms with van der Waals surface area (Å²) < 4.78 is 5.42. The van der Waals surface area contributed by atoms with Crippen LogP contribution in [-0.4, -0.2) is 36.4 Å². The Hall–Kier alpha value is -2.53. The highest BCUT2D eigenvalue weighted by atomic mass is 35.5. The molecule has 136 valence electrons. The summed E-state index contributed by atoms with van der Waals surface area (Å²) in [4.78, 5) is 26.5. The minimum Gasteiger partial charge on any atom is -0.484 e. The van der Waals surface area contributed by atoms with Crippen molar-refractivity contribution >= 4 is 29.1 Å². The molecule has 2 aromatic carbocycles. The second-order valence-corrected chi connectivity index (χ2v) is 6.66. The van der Waals surface area contributed by atoms with Crippen LogP contribution in [0.3, 0.4) is 0 Å². The fourth-order valence-electron chi connectivity index (χ4n) is 2.89. The molecule has 3 rings (SSSR count). The van der Waals surface area contributed by atoms with Gasteiger partial charge in [-0.05, 0) is 61.7 Å². The maximum atomic E-state index is 12.6. The molecule has 26 heavy (non-hydrogen) atoms. The fraction of sp³-hybridized carbons (Fsp3) is 0.300. The van der Waals surface area contributed by atoms with Crippen molar-refractivity contribution in [3.63, 3.8) is 0 Å². The molecule has 2 aromatic rings. The Balaban J connectivity index is 1.56. The molecule has 0 aromatic heterocycles. The molecule has 1 aliphatic heterocycles. The lowest BCUT2D eigenvalue weighted by atomic mass is 10.1. The van der Waals surface area contributed by atoms with Gasteiger partial charge >= 0.3 is 0 Å². The van der Waals surface area contributed by atoms with Gasteiger partial charge in [0.2, 0.25) is 0 Å². The van der Waals surface area contributed by atoms with Crippen molar-refractivity contribution in [3.8, 4) is 5.75 Å². The zero-order valence-electron chi connectivity index (χ0n) is 14.4. The monoisotopic (exact) mass is 372 g/mol. The molecule has 2 amide bonds. The van der Waals surface area contributed by atoms with E-state index in [9.17, 15) is 9.59 Å². The van der Waals surface area contributed by atoms with Crippen molar-refractivity contribution in [1.82, 2.24) is 4.90 Å². The Labute approximate surface area is 157 Å². The third-order valence-corrected chi connectivity index (χ3v) is 4.47. The number of benzene rings is 2. The summed E-state index contributed by atoms with van der Waals surface area (Å²) in [6.07, 6.45) is 3.27. The van der Waals surface area contributed by atoms with E-state index in [1.165, 1.54) is 6.42 Å². The van der Waals surface area contributed by atoms with Crippen molar-refractivity contribution in [2.45, 2.75) is 19.3 Å². The van der Waals surface area contributed by atoms with Gasteiger partial charge in [-0.25, -0.2) is 0 Å². The van der Waals surface area contributed by atoms with Gasteiger partial charge < -0.3 is 15.0 Å². The number of carbonyl (C=O) groups excluding carboxylic acids is 2. The van der Waals surface area contributed by atoms with Crippen LogP contribution in [-0.2, 0) is 4.79 Å². The third kappa shape index (κ3) is 4.99. The number of hydrogen-bond acceptors (Lipinski definition) is 3. The number of ether oxygens (including phenoxy) is 1. The molecule has 0 aliphatic carbocycles. The van der Waals surface area contributed by atoms with E-state index in [2.05, 4.69) is 5.32 Å². The van der Waals surface area contributed by atoms with E-state index in [-0.39, 0.29) is 18.4 Å². The molecule has 0 radical (unpaired) electrons. The van der Waals surface area contributed by atoms with Crippen LogP contribution in [0.4, 0.5) is 5.69 Å². The van der Waals surface area contributed by atoms with Crippen LogP contribution in [0.5, 0.6) is 5.75 Å². The van der Waals surface area contributed by atoms with Gasteiger partial charge in [0.25, 0.3) is 11.8 Å². The lowest BCUT2D eigenvalue weighted by Gasteiger charge is -2.26. The number of amides is 2. The van der Waals surface area contributed by atoms with E-state index in [1.54, 1.807) is 48.5 Å². The number of halogens is 1. The molecule has 5 nitrogen and oxygen atoms in total. The Kier molecular flexibility index (Phi) is 6.12. The van der Waals surface area contributed by atoms with Crippen molar-refractivity contribution in [1.29, 1.82) is 0 Å². The minimum atomic E-state index is -0.289. The molecule has 0 saturated carbocycles. The summed E-state index contributed by atoms with van der Waals surface area (Å²) in [7, 11) is 0. The Bertz CT molecular complexity index is 771. The predicted octanol–water partition coefficient (Wildman–Crippen LogP) is 3.98. The topological polar surface area (TPSA) is 58.6 Å². The molecule has 1 heterocycles. The summed E-state index contributed by atoms with van der Waals surface area (Å²) >= 11 is 5.81. The number of hydrogen-bond donors (Lipinski definition) is 1. The van der Waals surface area contributed by atoms with Crippen LogP contribution in [0, 0.1) is 0 Å². The Morgan fingerprint density at radius 1 is 1.04 bits per heavy atom. The number of anilines is 1. The molecule has 0 unspecified atom stereocenters. The number of rotatable bonds is 5. The van der Waals surface area contributed by atoms with E-state index < -0.39 is 0 Å². The van der Waals surface area contributed by atoms with Gasteiger partial charge in [-0.2, -0.15) is 0 Å². The van der Waals surface area contributed by atoms with Gasteiger partial charge in [0, 0.05) is 29.4 Å². The summed E-state index contributed by atoms with van der Waals surface area (Å²) in [5, 5.41) is 3.37. The van der Waals surface area contributed by atoms with Gasteiger partial charge in [0.05, 0.1) is 0 Å².